The second-order valence-corrected chi connectivity index (χ2v) is 8.12. The summed E-state index contributed by atoms with van der Waals surface area (Å²) in [5.41, 5.74) is 2.25. The van der Waals surface area contributed by atoms with Crippen LogP contribution in [0.2, 0.25) is 0 Å². The van der Waals surface area contributed by atoms with Gasteiger partial charge in [-0.25, -0.2) is 0 Å². The van der Waals surface area contributed by atoms with Crippen molar-refractivity contribution >= 4 is 5.69 Å². The van der Waals surface area contributed by atoms with Gasteiger partial charge in [0, 0.05) is 37.4 Å². The van der Waals surface area contributed by atoms with Gasteiger partial charge in [-0.1, -0.05) is 0 Å². The third-order valence-corrected chi connectivity index (χ3v) is 6.12. The monoisotopic (exact) mass is 340 g/mol. The summed E-state index contributed by atoms with van der Waals surface area (Å²) in [6.07, 6.45) is 6.06. The van der Waals surface area contributed by atoms with Crippen LogP contribution >= 0.6 is 0 Å². The Morgan fingerprint density at radius 2 is 2.12 bits per heavy atom. The number of hydrogen-bond acceptors (Lipinski definition) is 5. The van der Waals surface area contributed by atoms with Crippen LogP contribution in [0.4, 0.5) is 5.69 Å². The molecule has 1 saturated carbocycles. The number of nitriles is 1. The molecule has 2 aliphatic heterocycles. The second kappa shape index (κ2) is 6.86. The van der Waals surface area contributed by atoms with E-state index < -0.39 is 0 Å². The highest BCUT2D eigenvalue weighted by molar-refractivity contribution is 5.56. The lowest BCUT2D eigenvalue weighted by Crippen LogP contribution is -2.46. The predicted molar refractivity (Wildman–Crippen MR) is 98.9 cm³/mol. The molecule has 2 heterocycles. The minimum absolute atomic E-state index is 0.218. The first-order chi connectivity index (χ1) is 12.2. The van der Waals surface area contributed by atoms with Gasteiger partial charge in [-0.2, -0.15) is 5.26 Å². The lowest BCUT2D eigenvalue weighted by molar-refractivity contribution is 0.114. The largest absolute Gasteiger partial charge is 0.489 e. The summed E-state index contributed by atoms with van der Waals surface area (Å²) in [6.45, 7) is 4.45. The molecule has 4 rings (SSSR count). The lowest BCUT2D eigenvalue weighted by atomic mass is 9.65. The first kappa shape index (κ1) is 16.7. The number of likely N-dealkylation sites (tertiary alicyclic amines) is 1. The molecule has 1 spiro atoms. The molecule has 0 aromatic heterocycles. The average Bonchev–Trinajstić information content (AvgIpc) is 3.07. The van der Waals surface area contributed by atoms with Gasteiger partial charge in [-0.05, 0) is 63.2 Å². The third kappa shape index (κ3) is 3.61. The Balaban J connectivity index is 1.39. The van der Waals surface area contributed by atoms with Crippen LogP contribution in [0.25, 0.3) is 0 Å². The zero-order valence-electron chi connectivity index (χ0n) is 15.1. The van der Waals surface area contributed by atoms with Gasteiger partial charge in [0.25, 0.3) is 0 Å². The quantitative estimate of drug-likeness (QED) is 0.882. The molecule has 3 fully saturated rings. The van der Waals surface area contributed by atoms with Crippen LogP contribution in [0.15, 0.2) is 18.2 Å². The fourth-order valence-corrected chi connectivity index (χ4v) is 4.55. The van der Waals surface area contributed by atoms with Gasteiger partial charge in [0.2, 0.25) is 0 Å². The van der Waals surface area contributed by atoms with Crippen LogP contribution < -0.4 is 15.4 Å². The van der Waals surface area contributed by atoms with Crippen molar-refractivity contribution in [3.63, 3.8) is 0 Å². The summed E-state index contributed by atoms with van der Waals surface area (Å²) in [5.74, 6) is 0.735. The van der Waals surface area contributed by atoms with Crippen LogP contribution in [0, 0.1) is 16.7 Å². The van der Waals surface area contributed by atoms with Crippen molar-refractivity contribution in [3.8, 4) is 11.8 Å². The normalized spacial score (nSPS) is 30.0. The molecule has 0 radical (unpaired) electrons. The van der Waals surface area contributed by atoms with Crippen LogP contribution in [0.1, 0.15) is 37.7 Å². The van der Waals surface area contributed by atoms with Gasteiger partial charge < -0.3 is 20.3 Å². The van der Waals surface area contributed by atoms with E-state index in [4.69, 9.17) is 4.74 Å². The number of anilines is 1. The molecule has 0 atom stereocenters. The standard InChI is InChI=1S/C20H28N4O/c1-24-8-4-18(5-9-24)25-19-10-16(3-2-15(19)13-21)23-17-11-20(12-17)6-7-22-14-20/h2-3,10,17-18,22-23H,4-9,11-12,14H2,1H3. The fourth-order valence-electron chi connectivity index (χ4n) is 4.55. The molecule has 5 heteroatoms. The average molecular weight is 340 g/mol. The Kier molecular flexibility index (Phi) is 4.58. The Morgan fingerprint density at radius 1 is 1.32 bits per heavy atom. The third-order valence-electron chi connectivity index (χ3n) is 6.12. The number of ether oxygens (including phenoxy) is 1. The van der Waals surface area contributed by atoms with E-state index in [-0.39, 0.29) is 6.10 Å². The molecule has 1 aromatic rings. The maximum Gasteiger partial charge on any atom is 0.139 e. The molecule has 134 valence electrons. The van der Waals surface area contributed by atoms with Gasteiger partial charge in [-0.15, -0.1) is 0 Å². The summed E-state index contributed by atoms with van der Waals surface area (Å²) in [4.78, 5) is 2.33. The number of piperidine rings is 1. The van der Waals surface area contributed by atoms with Gasteiger partial charge >= 0.3 is 0 Å². The SMILES string of the molecule is CN1CCC(Oc2cc(NC3CC4(CCNC4)C3)ccc2C#N)CC1. The van der Waals surface area contributed by atoms with E-state index in [1.54, 1.807) is 0 Å². The Hall–Kier alpha value is -1.77. The highest BCUT2D eigenvalue weighted by Crippen LogP contribution is 2.46. The number of nitrogens with zero attached hydrogens (tertiary/aromatic N) is 2. The van der Waals surface area contributed by atoms with E-state index in [1.165, 1.54) is 25.8 Å². The maximum atomic E-state index is 9.39. The van der Waals surface area contributed by atoms with Crippen LogP contribution in [-0.4, -0.2) is 50.3 Å². The molecule has 3 aliphatic rings. The van der Waals surface area contributed by atoms with Crippen molar-refractivity contribution in [1.82, 2.24) is 10.2 Å². The van der Waals surface area contributed by atoms with Crippen molar-refractivity contribution in [2.24, 2.45) is 5.41 Å². The van der Waals surface area contributed by atoms with Crippen LogP contribution in [-0.2, 0) is 0 Å². The summed E-state index contributed by atoms with van der Waals surface area (Å²) in [6, 6.07) is 8.74. The summed E-state index contributed by atoms with van der Waals surface area (Å²) in [5, 5.41) is 16.5. The summed E-state index contributed by atoms with van der Waals surface area (Å²) < 4.78 is 6.19. The highest BCUT2D eigenvalue weighted by atomic mass is 16.5. The van der Waals surface area contributed by atoms with Crippen molar-refractivity contribution in [2.45, 2.75) is 44.2 Å². The fraction of sp³-hybridized carbons (Fsp3) is 0.650. The second-order valence-electron chi connectivity index (χ2n) is 8.12. The minimum atomic E-state index is 0.218. The number of benzene rings is 1. The molecule has 0 unspecified atom stereocenters. The number of nitrogens with one attached hydrogen (secondary N) is 2. The molecule has 5 nitrogen and oxygen atoms in total. The summed E-state index contributed by atoms with van der Waals surface area (Å²) >= 11 is 0. The first-order valence-corrected chi connectivity index (χ1v) is 9.52. The molecular weight excluding hydrogens is 312 g/mol. The topological polar surface area (TPSA) is 60.3 Å². The van der Waals surface area contributed by atoms with Crippen molar-refractivity contribution in [3.05, 3.63) is 23.8 Å². The Morgan fingerprint density at radius 3 is 2.80 bits per heavy atom. The first-order valence-electron chi connectivity index (χ1n) is 9.52. The molecule has 1 aliphatic carbocycles. The van der Waals surface area contributed by atoms with Crippen molar-refractivity contribution < 1.29 is 4.74 Å². The van der Waals surface area contributed by atoms with Crippen LogP contribution in [0.3, 0.4) is 0 Å². The smallest absolute Gasteiger partial charge is 0.139 e. The van der Waals surface area contributed by atoms with Gasteiger partial charge in [-0.3, -0.25) is 0 Å². The zero-order valence-corrected chi connectivity index (χ0v) is 15.1. The predicted octanol–water partition coefficient (Wildman–Crippen LogP) is 2.59. The zero-order chi connectivity index (χ0) is 17.3. The van der Waals surface area contributed by atoms with Gasteiger partial charge in [0.05, 0.1) is 5.56 Å². The Bertz CT molecular complexity index is 646. The van der Waals surface area contributed by atoms with E-state index in [1.807, 2.05) is 18.2 Å². The van der Waals surface area contributed by atoms with Crippen LogP contribution in [0.5, 0.6) is 5.75 Å². The molecular formula is C20H28N4O. The van der Waals surface area contributed by atoms with E-state index >= 15 is 0 Å². The lowest BCUT2D eigenvalue weighted by Gasteiger charge is -2.45. The minimum Gasteiger partial charge on any atom is -0.489 e. The molecule has 25 heavy (non-hydrogen) atoms. The molecule has 0 bridgehead atoms. The number of hydrogen-bond donors (Lipinski definition) is 2. The molecule has 0 amide bonds. The van der Waals surface area contributed by atoms with E-state index in [2.05, 4.69) is 28.7 Å². The van der Waals surface area contributed by atoms with E-state index in [0.29, 0.717) is 17.0 Å². The van der Waals surface area contributed by atoms with Gasteiger partial charge in [0.15, 0.2) is 0 Å². The Labute approximate surface area is 150 Å². The summed E-state index contributed by atoms with van der Waals surface area (Å²) in [7, 11) is 2.15. The van der Waals surface area contributed by atoms with E-state index in [0.717, 1.165) is 43.9 Å². The highest BCUT2D eigenvalue weighted by Gasteiger charge is 2.45. The molecule has 2 saturated heterocycles. The van der Waals surface area contributed by atoms with Gasteiger partial charge in [0.1, 0.15) is 17.9 Å². The molecule has 2 N–H and O–H groups in total. The number of rotatable bonds is 4. The van der Waals surface area contributed by atoms with Crippen molar-refractivity contribution in [1.29, 1.82) is 5.26 Å². The van der Waals surface area contributed by atoms with Crippen molar-refractivity contribution in [2.75, 3.05) is 38.5 Å². The maximum absolute atomic E-state index is 9.39. The van der Waals surface area contributed by atoms with E-state index in [9.17, 15) is 5.26 Å². The molecule has 1 aromatic carbocycles.